The van der Waals surface area contributed by atoms with E-state index in [1.165, 1.54) is 11.3 Å². The molecule has 0 atom stereocenters. The second-order valence-corrected chi connectivity index (χ2v) is 8.73. The van der Waals surface area contributed by atoms with Crippen LogP contribution in [0.25, 0.3) is 21.0 Å². The normalized spacial score (nSPS) is 11.1. The third kappa shape index (κ3) is 4.05. The summed E-state index contributed by atoms with van der Waals surface area (Å²) in [5, 5.41) is 2.49. The molecule has 0 spiro atoms. The summed E-state index contributed by atoms with van der Waals surface area (Å²) in [5.74, 6) is 0.419. The number of carbonyl (C=O) groups excluding carboxylic acids is 1. The first-order chi connectivity index (χ1) is 16.2. The van der Waals surface area contributed by atoms with Crippen LogP contribution in [0.15, 0.2) is 79.0 Å². The molecular weight excluding hydrogens is 430 g/mol. The lowest BCUT2D eigenvalue weighted by Crippen LogP contribution is -2.31. The number of amides is 1. The molecule has 0 saturated carbocycles. The number of nitrogens with zero attached hydrogens (tertiary/aromatic N) is 3. The zero-order valence-electron chi connectivity index (χ0n) is 18.5. The van der Waals surface area contributed by atoms with Crippen molar-refractivity contribution < 1.29 is 9.53 Å². The van der Waals surface area contributed by atoms with Crippen LogP contribution in [0.4, 0.5) is 5.13 Å². The molecule has 33 heavy (non-hydrogen) atoms. The minimum absolute atomic E-state index is 0.155. The highest BCUT2D eigenvalue weighted by Crippen LogP contribution is 2.35. The van der Waals surface area contributed by atoms with Gasteiger partial charge in [-0.15, -0.1) is 0 Å². The fourth-order valence-corrected chi connectivity index (χ4v) is 4.99. The van der Waals surface area contributed by atoms with E-state index in [0.717, 1.165) is 32.2 Å². The van der Waals surface area contributed by atoms with Crippen LogP contribution in [0, 0.1) is 6.92 Å². The molecule has 0 aliphatic carbocycles. The summed E-state index contributed by atoms with van der Waals surface area (Å²) >= 11 is 1.51. The minimum atomic E-state index is -0.155. The molecular formula is C27H23N3O2S. The third-order valence-electron chi connectivity index (χ3n) is 5.54. The molecule has 2 aromatic heterocycles. The maximum atomic E-state index is 14.2. The van der Waals surface area contributed by atoms with Gasteiger partial charge in [0.05, 0.1) is 34.6 Å². The van der Waals surface area contributed by atoms with Crippen LogP contribution in [0.1, 0.15) is 28.5 Å². The highest BCUT2D eigenvalue weighted by molar-refractivity contribution is 7.22. The fourth-order valence-electron chi connectivity index (χ4n) is 3.95. The van der Waals surface area contributed by atoms with Gasteiger partial charge in [-0.3, -0.25) is 14.7 Å². The Morgan fingerprint density at radius 2 is 1.85 bits per heavy atom. The van der Waals surface area contributed by atoms with Gasteiger partial charge in [-0.2, -0.15) is 0 Å². The van der Waals surface area contributed by atoms with Crippen molar-refractivity contribution in [1.29, 1.82) is 0 Å². The number of para-hydroxylation sites is 1. The van der Waals surface area contributed by atoms with E-state index in [1.807, 2.05) is 86.6 Å². The van der Waals surface area contributed by atoms with Crippen LogP contribution in [0.5, 0.6) is 5.75 Å². The van der Waals surface area contributed by atoms with Gasteiger partial charge in [-0.05, 0) is 54.4 Å². The van der Waals surface area contributed by atoms with Crippen molar-refractivity contribution >= 4 is 43.4 Å². The van der Waals surface area contributed by atoms with Crippen molar-refractivity contribution in [3.8, 4) is 5.75 Å². The van der Waals surface area contributed by atoms with Crippen molar-refractivity contribution in [2.45, 2.75) is 20.4 Å². The van der Waals surface area contributed by atoms with Crippen LogP contribution in [-0.4, -0.2) is 22.5 Å². The first-order valence-corrected chi connectivity index (χ1v) is 11.7. The Labute approximate surface area is 196 Å². The molecule has 0 fully saturated rings. The van der Waals surface area contributed by atoms with Gasteiger partial charge >= 0.3 is 0 Å². The maximum absolute atomic E-state index is 14.2. The molecule has 0 unspecified atom stereocenters. The van der Waals surface area contributed by atoms with E-state index >= 15 is 0 Å². The number of hydrogen-bond acceptors (Lipinski definition) is 5. The Morgan fingerprint density at radius 3 is 2.64 bits per heavy atom. The average molecular weight is 454 g/mol. The van der Waals surface area contributed by atoms with E-state index in [4.69, 9.17) is 9.72 Å². The number of benzene rings is 3. The lowest BCUT2D eigenvalue weighted by atomic mass is 10.0. The summed E-state index contributed by atoms with van der Waals surface area (Å²) in [6.45, 7) is 4.74. The van der Waals surface area contributed by atoms with Crippen molar-refractivity contribution in [3.63, 3.8) is 0 Å². The number of fused-ring (bicyclic) bond motifs is 2. The molecule has 2 heterocycles. The molecule has 5 aromatic rings. The first-order valence-electron chi connectivity index (χ1n) is 10.9. The Hall–Kier alpha value is -3.77. The zero-order chi connectivity index (χ0) is 22.8. The summed E-state index contributed by atoms with van der Waals surface area (Å²) in [4.78, 5) is 25.3. The van der Waals surface area contributed by atoms with Crippen molar-refractivity contribution in [2.24, 2.45) is 0 Å². The lowest BCUT2D eigenvalue weighted by molar-refractivity contribution is 0.0983. The monoisotopic (exact) mass is 453 g/mol. The SMILES string of the molecule is CCOc1ccc2ccccc2c1C(=O)N(Cc1ccccn1)c1nc2c(C)cccc2s1. The molecule has 0 aliphatic heterocycles. The number of carbonyl (C=O) groups is 1. The Bertz CT molecular complexity index is 1450. The molecule has 0 bridgehead atoms. The summed E-state index contributed by atoms with van der Waals surface area (Å²) in [6.07, 6.45) is 1.74. The van der Waals surface area contributed by atoms with E-state index in [1.54, 1.807) is 11.1 Å². The zero-order valence-corrected chi connectivity index (χ0v) is 19.3. The van der Waals surface area contributed by atoms with Gasteiger partial charge in [0.2, 0.25) is 0 Å². The van der Waals surface area contributed by atoms with Gasteiger partial charge in [-0.1, -0.05) is 59.9 Å². The highest BCUT2D eigenvalue weighted by atomic mass is 32.1. The number of pyridine rings is 1. The van der Waals surface area contributed by atoms with Crippen molar-refractivity contribution in [1.82, 2.24) is 9.97 Å². The van der Waals surface area contributed by atoms with Crippen molar-refractivity contribution in [2.75, 3.05) is 11.5 Å². The van der Waals surface area contributed by atoms with Gasteiger partial charge in [0.25, 0.3) is 5.91 Å². The number of hydrogen-bond donors (Lipinski definition) is 0. The molecule has 0 radical (unpaired) electrons. The van der Waals surface area contributed by atoms with E-state index in [9.17, 15) is 4.79 Å². The predicted octanol–water partition coefficient (Wildman–Crippen LogP) is 6.40. The molecule has 5 nitrogen and oxygen atoms in total. The number of rotatable bonds is 6. The number of anilines is 1. The Kier molecular flexibility index (Phi) is 5.75. The van der Waals surface area contributed by atoms with Crippen molar-refractivity contribution in [3.05, 3.63) is 95.8 Å². The molecule has 0 saturated heterocycles. The van der Waals surface area contributed by atoms with Gasteiger partial charge in [-0.25, -0.2) is 4.98 Å². The van der Waals surface area contributed by atoms with Gasteiger partial charge in [0, 0.05) is 6.20 Å². The molecule has 3 aromatic carbocycles. The largest absolute Gasteiger partial charge is 0.493 e. The second kappa shape index (κ2) is 9.00. The van der Waals surface area contributed by atoms with Crippen LogP contribution >= 0.6 is 11.3 Å². The van der Waals surface area contributed by atoms with E-state index in [2.05, 4.69) is 4.98 Å². The fraction of sp³-hybridized carbons (Fsp3) is 0.148. The highest BCUT2D eigenvalue weighted by Gasteiger charge is 2.27. The molecule has 6 heteroatoms. The standard InChI is InChI=1S/C27H23N3O2S/c1-3-32-22-15-14-19-10-4-5-12-21(19)24(22)26(31)30(17-20-11-6-7-16-28-20)27-29-25-18(2)9-8-13-23(25)33-27/h4-16H,3,17H2,1-2H3. The van der Waals surface area contributed by atoms with E-state index in [-0.39, 0.29) is 5.91 Å². The molecule has 164 valence electrons. The number of aryl methyl sites for hydroxylation is 1. The molecule has 5 rings (SSSR count). The number of ether oxygens (including phenoxy) is 1. The van der Waals surface area contributed by atoms with E-state index < -0.39 is 0 Å². The lowest BCUT2D eigenvalue weighted by Gasteiger charge is -2.22. The maximum Gasteiger partial charge on any atom is 0.264 e. The van der Waals surface area contributed by atoms with Crippen LogP contribution in [0.2, 0.25) is 0 Å². The Morgan fingerprint density at radius 1 is 1.00 bits per heavy atom. The van der Waals surface area contributed by atoms with Gasteiger partial charge < -0.3 is 4.74 Å². The number of thiazole rings is 1. The summed E-state index contributed by atoms with van der Waals surface area (Å²) in [5.41, 5.74) is 3.33. The van der Waals surface area contributed by atoms with Crippen LogP contribution in [-0.2, 0) is 6.54 Å². The molecule has 0 aliphatic rings. The second-order valence-electron chi connectivity index (χ2n) is 7.72. The van der Waals surface area contributed by atoms with E-state index in [0.29, 0.717) is 29.6 Å². The minimum Gasteiger partial charge on any atom is -0.493 e. The quantitative estimate of drug-likeness (QED) is 0.299. The predicted molar refractivity (Wildman–Crippen MR) is 134 cm³/mol. The number of aromatic nitrogens is 2. The Balaban J connectivity index is 1.69. The van der Waals surface area contributed by atoms with Crippen LogP contribution in [0.3, 0.4) is 0 Å². The summed E-state index contributed by atoms with van der Waals surface area (Å²) < 4.78 is 6.95. The third-order valence-corrected chi connectivity index (χ3v) is 6.58. The summed E-state index contributed by atoms with van der Waals surface area (Å²) in [7, 11) is 0. The summed E-state index contributed by atoms with van der Waals surface area (Å²) in [6, 6.07) is 23.6. The van der Waals surface area contributed by atoms with Crippen LogP contribution < -0.4 is 9.64 Å². The van der Waals surface area contributed by atoms with Gasteiger partial charge in [0.15, 0.2) is 5.13 Å². The first kappa shape index (κ1) is 21.1. The molecule has 0 N–H and O–H groups in total. The smallest absolute Gasteiger partial charge is 0.264 e. The topological polar surface area (TPSA) is 55.3 Å². The van der Waals surface area contributed by atoms with Gasteiger partial charge in [0.1, 0.15) is 5.75 Å². The molecule has 1 amide bonds. The average Bonchev–Trinajstić information content (AvgIpc) is 3.28.